The van der Waals surface area contributed by atoms with Crippen LogP contribution in [0.25, 0.3) is 0 Å². The molecule has 6 heteroatoms. The highest BCUT2D eigenvalue weighted by Crippen LogP contribution is 2.52. The molecule has 0 aromatic heterocycles. The third-order valence-corrected chi connectivity index (χ3v) is 7.48. The second-order valence-corrected chi connectivity index (χ2v) is 12.6. The Labute approximate surface area is 205 Å². The van der Waals surface area contributed by atoms with E-state index in [9.17, 15) is 19.5 Å². The zero-order valence-electron chi connectivity index (χ0n) is 22.2. The number of hydrogen-bond donors (Lipinski definition) is 3. The minimum absolute atomic E-state index is 0.0283. The van der Waals surface area contributed by atoms with Crippen LogP contribution in [0.1, 0.15) is 116 Å². The molecule has 0 heterocycles. The van der Waals surface area contributed by atoms with Crippen LogP contribution < -0.4 is 0 Å². The molecule has 3 N–H and O–H groups in total. The maximum Gasteiger partial charge on any atom is 0.362 e. The van der Waals surface area contributed by atoms with Gasteiger partial charge in [-0.15, -0.1) is 0 Å². The predicted octanol–water partition coefficient (Wildman–Crippen LogP) is 7.32. The van der Waals surface area contributed by atoms with Gasteiger partial charge in [0.15, 0.2) is 0 Å². The summed E-state index contributed by atoms with van der Waals surface area (Å²) in [4.78, 5) is 19.2. The van der Waals surface area contributed by atoms with E-state index in [0.29, 0.717) is 10.9 Å². The van der Waals surface area contributed by atoms with Crippen LogP contribution in [0.2, 0.25) is 0 Å². The molecule has 0 aliphatic heterocycles. The number of quaternary nitrogens is 1. The van der Waals surface area contributed by atoms with Gasteiger partial charge in [0.25, 0.3) is 0 Å². The van der Waals surface area contributed by atoms with Gasteiger partial charge in [-0.2, -0.15) is 0 Å². The van der Waals surface area contributed by atoms with Crippen LogP contribution in [-0.4, -0.2) is 52.4 Å². The van der Waals surface area contributed by atoms with Gasteiger partial charge in [-0.05, 0) is 51.4 Å². The second kappa shape index (κ2) is 18.8. The lowest BCUT2D eigenvalue weighted by Crippen LogP contribution is -2.49. The largest absolute Gasteiger partial charge is 0.373 e. The lowest BCUT2D eigenvalue weighted by Gasteiger charge is -2.35. The smallest absolute Gasteiger partial charge is 0.362 e. The number of nitrogens with zero attached hydrogens (tertiary/aromatic N) is 1. The van der Waals surface area contributed by atoms with Gasteiger partial charge in [-0.1, -0.05) is 89.0 Å². The van der Waals surface area contributed by atoms with Crippen molar-refractivity contribution < 1.29 is 23.9 Å². The van der Waals surface area contributed by atoms with E-state index in [4.69, 9.17) is 0 Å². The summed E-state index contributed by atoms with van der Waals surface area (Å²) in [7, 11) is 0.896. The molecule has 5 nitrogen and oxygen atoms in total. The average molecular weight is 489 g/mol. The van der Waals surface area contributed by atoms with Crippen LogP contribution in [0.15, 0.2) is 24.3 Å². The van der Waals surface area contributed by atoms with Gasteiger partial charge < -0.3 is 19.4 Å². The third kappa shape index (κ3) is 19.5. The number of aliphatic hydroxyl groups is 1. The van der Waals surface area contributed by atoms with Gasteiger partial charge in [-0.3, -0.25) is 4.57 Å². The second-order valence-electron chi connectivity index (χ2n) is 10.7. The van der Waals surface area contributed by atoms with Crippen molar-refractivity contribution in [3.05, 3.63) is 24.3 Å². The van der Waals surface area contributed by atoms with Crippen molar-refractivity contribution >= 4 is 7.60 Å². The van der Waals surface area contributed by atoms with Crippen LogP contribution in [0.5, 0.6) is 0 Å². The molecule has 1 unspecified atom stereocenters. The topological polar surface area (TPSA) is 77.8 Å². The molecule has 0 aliphatic carbocycles. The molecule has 0 aliphatic rings. The van der Waals surface area contributed by atoms with Crippen LogP contribution in [-0.2, 0) is 4.57 Å². The Morgan fingerprint density at radius 2 is 1.03 bits per heavy atom. The molecule has 0 saturated carbocycles. The Bertz CT molecular complexity index is 565. The summed E-state index contributed by atoms with van der Waals surface area (Å²) in [5.74, 6) is 0. The van der Waals surface area contributed by atoms with Crippen molar-refractivity contribution in [2.45, 2.75) is 121 Å². The molecule has 1 atom stereocenters. The molecule has 0 saturated heterocycles. The Balaban J connectivity index is 3.65. The van der Waals surface area contributed by atoms with Crippen molar-refractivity contribution in [3.8, 4) is 0 Å². The first-order valence-electron chi connectivity index (χ1n) is 13.4. The lowest BCUT2D eigenvalue weighted by atomic mass is 10.1. The normalized spacial score (nSPS) is 15.0. The molecule has 0 spiro atoms. The molecular formula is C27H55NO4P+. The summed E-state index contributed by atoms with van der Waals surface area (Å²) in [6, 6.07) is 0. The third-order valence-electron chi connectivity index (χ3n) is 6.03. The van der Waals surface area contributed by atoms with Crippen molar-refractivity contribution in [2.24, 2.45) is 0 Å². The van der Waals surface area contributed by atoms with E-state index in [1.165, 1.54) is 83.5 Å². The summed E-state index contributed by atoms with van der Waals surface area (Å²) in [6.07, 6.45) is 28.6. The Hall–Kier alpha value is -0.450. The van der Waals surface area contributed by atoms with Gasteiger partial charge in [-0.25, -0.2) is 0 Å². The number of likely N-dealkylation sites (N-methyl/N-ethyl adjacent to an activating group) is 1. The van der Waals surface area contributed by atoms with Crippen molar-refractivity contribution in [1.82, 2.24) is 0 Å². The molecule has 0 bridgehead atoms. The predicted molar refractivity (Wildman–Crippen MR) is 142 cm³/mol. The van der Waals surface area contributed by atoms with Crippen LogP contribution >= 0.6 is 7.60 Å². The lowest BCUT2D eigenvalue weighted by molar-refractivity contribution is -0.875. The number of rotatable bonds is 22. The molecular weight excluding hydrogens is 433 g/mol. The van der Waals surface area contributed by atoms with Crippen molar-refractivity contribution in [1.29, 1.82) is 0 Å². The summed E-state index contributed by atoms with van der Waals surface area (Å²) >= 11 is 0. The first kappa shape index (κ1) is 32.5. The Morgan fingerprint density at radius 1 is 0.667 bits per heavy atom. The number of allylic oxidation sites excluding steroid dienone is 4. The summed E-state index contributed by atoms with van der Waals surface area (Å²) in [5, 5.41) is 8.56. The van der Waals surface area contributed by atoms with Gasteiger partial charge in [0.1, 0.15) is 6.54 Å². The highest BCUT2D eigenvalue weighted by molar-refractivity contribution is 7.53. The maximum absolute atomic E-state index is 11.8. The number of unbranched alkanes of at least 4 members (excludes halogenated alkanes) is 13. The molecule has 196 valence electrons. The first-order chi connectivity index (χ1) is 15.5. The fourth-order valence-corrected chi connectivity index (χ4v) is 5.17. The zero-order valence-corrected chi connectivity index (χ0v) is 23.1. The summed E-state index contributed by atoms with van der Waals surface area (Å²) < 4.78 is 12.1. The first-order valence-corrected chi connectivity index (χ1v) is 15.0. The highest BCUT2D eigenvalue weighted by Gasteiger charge is 2.48. The van der Waals surface area contributed by atoms with Crippen LogP contribution in [0.3, 0.4) is 0 Å². The van der Waals surface area contributed by atoms with E-state index in [-0.39, 0.29) is 13.0 Å². The van der Waals surface area contributed by atoms with Crippen molar-refractivity contribution in [3.63, 3.8) is 0 Å². The van der Waals surface area contributed by atoms with E-state index in [0.717, 1.165) is 12.8 Å². The van der Waals surface area contributed by atoms with Crippen molar-refractivity contribution in [2.75, 3.05) is 27.7 Å². The van der Waals surface area contributed by atoms with Crippen LogP contribution in [0.4, 0.5) is 0 Å². The molecule has 0 rings (SSSR count). The van der Waals surface area contributed by atoms with Gasteiger partial charge in [0.2, 0.25) is 5.34 Å². The van der Waals surface area contributed by atoms with Gasteiger partial charge in [0, 0.05) is 0 Å². The van der Waals surface area contributed by atoms with E-state index in [2.05, 4.69) is 25.2 Å². The minimum Gasteiger partial charge on any atom is -0.373 e. The van der Waals surface area contributed by atoms with E-state index in [1.54, 1.807) is 0 Å². The quantitative estimate of drug-likeness (QED) is 0.0645. The molecule has 33 heavy (non-hydrogen) atoms. The standard InChI is InChI=1S/C27H54NO4P/c1-5-6-7-8-9-10-11-12-13-14-15-16-17-18-19-20-21-22-23-24-25-27(29,33(30,31)32)26-28(2,3)4/h11-12,22-23,29H,5-10,13-21,24-26H2,1-4H3,(H-,30,31,32)/p+1/b12-11-,23-22-. The van der Waals surface area contributed by atoms with Gasteiger partial charge >= 0.3 is 7.60 Å². The molecule has 0 aromatic rings. The Kier molecular flexibility index (Phi) is 18.6. The molecule has 0 aromatic carbocycles. The number of hydrogen-bond acceptors (Lipinski definition) is 2. The minimum atomic E-state index is -4.58. The monoisotopic (exact) mass is 488 g/mol. The SMILES string of the molecule is CCCCCCC/C=C\CCCCCCCCC/C=C\CCC(O)(C[N+](C)(C)C)P(=O)(O)O. The fraction of sp³-hybridized carbons (Fsp3) is 0.852. The summed E-state index contributed by atoms with van der Waals surface area (Å²) in [6.45, 7) is 2.29. The summed E-state index contributed by atoms with van der Waals surface area (Å²) in [5.41, 5.74) is 0. The van der Waals surface area contributed by atoms with E-state index >= 15 is 0 Å². The molecule has 0 fully saturated rings. The fourth-order valence-electron chi connectivity index (χ4n) is 4.14. The molecule has 0 radical (unpaired) electrons. The maximum atomic E-state index is 11.8. The highest BCUT2D eigenvalue weighted by atomic mass is 31.2. The molecule has 0 amide bonds. The average Bonchev–Trinajstić information content (AvgIpc) is 2.70. The van der Waals surface area contributed by atoms with Crippen LogP contribution in [0, 0.1) is 0 Å². The zero-order chi connectivity index (χ0) is 25.1. The van der Waals surface area contributed by atoms with Gasteiger partial charge in [0.05, 0.1) is 21.1 Å². The Morgan fingerprint density at radius 3 is 1.39 bits per heavy atom. The van der Waals surface area contributed by atoms with E-state index in [1.807, 2.05) is 27.2 Å². The van der Waals surface area contributed by atoms with E-state index < -0.39 is 12.9 Å².